The van der Waals surface area contributed by atoms with Crippen molar-refractivity contribution in [3.63, 3.8) is 0 Å². The smallest absolute Gasteiger partial charge is 0.198 e. The Morgan fingerprint density at radius 2 is 2.06 bits per heavy atom. The van der Waals surface area contributed by atoms with Gasteiger partial charge < -0.3 is 4.98 Å². The molecule has 0 fully saturated rings. The highest BCUT2D eigenvalue weighted by Gasteiger charge is 2.01. The summed E-state index contributed by atoms with van der Waals surface area (Å²) in [6.07, 6.45) is 1.63. The van der Waals surface area contributed by atoms with E-state index in [-0.39, 0.29) is 5.82 Å². The molecular weight excluding hydrogens is 225 g/mol. The number of rotatable bonds is 0. The molecule has 1 aromatic carbocycles. The molecule has 3 rings (SSSR count). The number of nitrogens with one attached hydrogen (secondary N) is 1. The Bertz CT molecular complexity index is 751. The zero-order valence-electron chi connectivity index (χ0n) is 8.07. The maximum absolute atomic E-state index is 13.0. The van der Waals surface area contributed by atoms with Gasteiger partial charge in [0.1, 0.15) is 11.5 Å². The van der Waals surface area contributed by atoms with Crippen LogP contribution in [0.3, 0.4) is 0 Å². The molecule has 0 spiro atoms. The highest BCUT2D eigenvalue weighted by Crippen LogP contribution is 2.18. The summed E-state index contributed by atoms with van der Waals surface area (Å²) in [5, 5.41) is 1.56. The normalized spacial score (nSPS) is 11.1. The molecule has 78 valence electrons. The van der Waals surface area contributed by atoms with Gasteiger partial charge in [-0.15, -0.1) is 0 Å². The summed E-state index contributed by atoms with van der Waals surface area (Å²) in [6, 6.07) is 6.31. The van der Waals surface area contributed by atoms with Crippen molar-refractivity contribution in [2.24, 2.45) is 0 Å². The Morgan fingerprint density at radius 1 is 1.19 bits per heavy atom. The minimum atomic E-state index is -0.273. The quantitative estimate of drug-likeness (QED) is 0.477. The van der Waals surface area contributed by atoms with Crippen LogP contribution >= 0.6 is 12.2 Å². The fraction of sp³-hybridized carbons (Fsp3) is 0. The van der Waals surface area contributed by atoms with Gasteiger partial charge in [-0.05, 0) is 36.5 Å². The molecule has 2 heterocycles. The number of fused-ring (bicyclic) bond motifs is 2. The summed E-state index contributed by atoms with van der Waals surface area (Å²) in [4.78, 5) is 11.2. The van der Waals surface area contributed by atoms with E-state index in [0.29, 0.717) is 10.4 Å². The van der Waals surface area contributed by atoms with E-state index < -0.39 is 0 Å². The number of aromatic amines is 1. The molecule has 0 aliphatic rings. The lowest BCUT2D eigenvalue weighted by molar-refractivity contribution is 0.629. The van der Waals surface area contributed by atoms with Gasteiger partial charge in [-0.1, -0.05) is 0 Å². The molecule has 1 N–H and O–H groups in total. The monoisotopic (exact) mass is 231 g/mol. The van der Waals surface area contributed by atoms with Gasteiger partial charge in [0.05, 0.1) is 5.52 Å². The molecule has 3 nitrogen and oxygen atoms in total. The van der Waals surface area contributed by atoms with Gasteiger partial charge in [-0.2, -0.15) is 0 Å². The van der Waals surface area contributed by atoms with Crippen molar-refractivity contribution >= 4 is 34.2 Å². The van der Waals surface area contributed by atoms with Gasteiger partial charge in [0.15, 0.2) is 4.77 Å². The van der Waals surface area contributed by atoms with Gasteiger partial charge in [0, 0.05) is 17.0 Å². The molecule has 0 radical (unpaired) electrons. The first-order chi connectivity index (χ1) is 7.72. The van der Waals surface area contributed by atoms with Crippen LogP contribution in [-0.2, 0) is 0 Å². The van der Waals surface area contributed by atoms with Crippen LogP contribution in [0, 0.1) is 10.6 Å². The molecule has 2 aromatic heterocycles. The molecule has 16 heavy (non-hydrogen) atoms. The number of benzene rings is 1. The molecule has 5 heteroatoms. The second-order valence-electron chi connectivity index (χ2n) is 3.45. The largest absolute Gasteiger partial charge is 0.315 e. The zero-order chi connectivity index (χ0) is 11.1. The molecule has 0 aliphatic heterocycles. The van der Waals surface area contributed by atoms with E-state index in [4.69, 9.17) is 12.2 Å². The van der Waals surface area contributed by atoms with E-state index in [9.17, 15) is 4.39 Å². The van der Waals surface area contributed by atoms with E-state index in [1.807, 2.05) is 6.07 Å². The second-order valence-corrected chi connectivity index (χ2v) is 3.84. The molecule has 0 saturated carbocycles. The lowest BCUT2D eigenvalue weighted by atomic mass is 10.2. The van der Waals surface area contributed by atoms with Crippen molar-refractivity contribution in [3.05, 3.63) is 41.1 Å². The number of aromatic nitrogens is 3. The number of hydrogen-bond donors (Lipinski definition) is 1. The molecule has 0 atom stereocenters. The van der Waals surface area contributed by atoms with Crippen LogP contribution < -0.4 is 0 Å². The van der Waals surface area contributed by atoms with Crippen molar-refractivity contribution in [1.29, 1.82) is 0 Å². The summed E-state index contributed by atoms with van der Waals surface area (Å²) in [5.41, 5.74) is 1.39. The van der Waals surface area contributed by atoms with Crippen LogP contribution in [0.15, 0.2) is 30.5 Å². The Balaban J connectivity index is 2.48. The lowest BCUT2D eigenvalue weighted by Crippen LogP contribution is -1.89. The Hall–Kier alpha value is -1.88. The van der Waals surface area contributed by atoms with E-state index in [1.165, 1.54) is 12.1 Å². The number of pyridine rings is 1. The van der Waals surface area contributed by atoms with Crippen LogP contribution in [0.25, 0.3) is 21.9 Å². The van der Waals surface area contributed by atoms with Gasteiger partial charge in [-0.3, -0.25) is 0 Å². The van der Waals surface area contributed by atoms with Crippen molar-refractivity contribution in [2.45, 2.75) is 0 Å². The first-order valence-electron chi connectivity index (χ1n) is 4.68. The first-order valence-corrected chi connectivity index (χ1v) is 5.08. The molecule has 0 aliphatic carbocycles. The summed E-state index contributed by atoms with van der Waals surface area (Å²) < 4.78 is 13.4. The van der Waals surface area contributed by atoms with Crippen molar-refractivity contribution < 1.29 is 4.39 Å². The maximum atomic E-state index is 13.0. The highest BCUT2D eigenvalue weighted by atomic mass is 32.1. The predicted molar refractivity (Wildman–Crippen MR) is 62.2 cm³/mol. The summed E-state index contributed by atoms with van der Waals surface area (Å²) >= 11 is 4.92. The van der Waals surface area contributed by atoms with Gasteiger partial charge in [-0.25, -0.2) is 14.4 Å². The van der Waals surface area contributed by atoms with Gasteiger partial charge in [0.2, 0.25) is 0 Å². The Kier molecular flexibility index (Phi) is 1.94. The van der Waals surface area contributed by atoms with Crippen LogP contribution in [0.1, 0.15) is 0 Å². The minimum absolute atomic E-state index is 0.273. The summed E-state index contributed by atoms with van der Waals surface area (Å²) in [6.45, 7) is 0. The zero-order valence-corrected chi connectivity index (χ0v) is 8.88. The molecular formula is C11H6FN3S. The highest BCUT2D eigenvalue weighted by molar-refractivity contribution is 7.71. The van der Waals surface area contributed by atoms with Crippen LogP contribution in [0.2, 0.25) is 0 Å². The number of nitrogens with zero attached hydrogens (tertiary/aromatic N) is 2. The van der Waals surface area contributed by atoms with Crippen molar-refractivity contribution in [1.82, 2.24) is 15.0 Å². The van der Waals surface area contributed by atoms with E-state index in [1.54, 1.807) is 12.3 Å². The fourth-order valence-corrected chi connectivity index (χ4v) is 1.77. The SMILES string of the molecule is Fc1ccc2nc3[nH]c(=S)ncc3cc2c1. The number of hydrogen-bond acceptors (Lipinski definition) is 3. The first kappa shape index (κ1) is 9.35. The fourth-order valence-electron chi connectivity index (χ4n) is 1.62. The minimum Gasteiger partial charge on any atom is -0.315 e. The number of halogens is 1. The van der Waals surface area contributed by atoms with E-state index >= 15 is 0 Å². The average Bonchev–Trinajstić information content (AvgIpc) is 2.26. The third-order valence-electron chi connectivity index (χ3n) is 2.35. The second kappa shape index (κ2) is 3.31. The maximum Gasteiger partial charge on any atom is 0.198 e. The lowest BCUT2D eigenvalue weighted by Gasteiger charge is -2.00. The van der Waals surface area contributed by atoms with Crippen LogP contribution in [-0.4, -0.2) is 15.0 Å². The molecule has 0 saturated heterocycles. The van der Waals surface area contributed by atoms with Gasteiger partial charge in [0.25, 0.3) is 0 Å². The average molecular weight is 231 g/mol. The van der Waals surface area contributed by atoms with Crippen LogP contribution in [0.4, 0.5) is 4.39 Å². The topological polar surface area (TPSA) is 41.6 Å². The molecule has 3 aromatic rings. The standard InChI is InChI=1S/C11H6FN3S/c12-8-1-2-9-6(4-8)3-7-5-13-11(16)15-10(7)14-9/h1-5H,(H,13,14,15,16). The third kappa shape index (κ3) is 1.45. The number of H-pyrrole nitrogens is 1. The predicted octanol–water partition coefficient (Wildman–Crippen LogP) is 2.98. The van der Waals surface area contributed by atoms with Gasteiger partial charge >= 0.3 is 0 Å². The molecule has 0 bridgehead atoms. The van der Waals surface area contributed by atoms with Crippen molar-refractivity contribution in [3.8, 4) is 0 Å². The van der Waals surface area contributed by atoms with Crippen LogP contribution in [0.5, 0.6) is 0 Å². The Labute approximate surface area is 95.0 Å². The third-order valence-corrected chi connectivity index (χ3v) is 2.56. The van der Waals surface area contributed by atoms with E-state index in [0.717, 1.165) is 16.3 Å². The molecule has 0 unspecified atom stereocenters. The Morgan fingerprint density at radius 3 is 2.94 bits per heavy atom. The van der Waals surface area contributed by atoms with Crippen molar-refractivity contribution in [2.75, 3.05) is 0 Å². The van der Waals surface area contributed by atoms with E-state index in [2.05, 4.69) is 15.0 Å². The summed E-state index contributed by atoms with van der Waals surface area (Å²) in [5.74, 6) is -0.273. The molecule has 0 amide bonds. The summed E-state index contributed by atoms with van der Waals surface area (Å²) in [7, 11) is 0.